The van der Waals surface area contributed by atoms with Crippen molar-refractivity contribution in [1.82, 2.24) is 4.98 Å². The van der Waals surface area contributed by atoms with E-state index in [0.29, 0.717) is 17.7 Å². The van der Waals surface area contributed by atoms with Crippen LogP contribution >= 0.6 is 23.1 Å². The highest BCUT2D eigenvalue weighted by atomic mass is 32.2. The molecular formula is C27H25N3O2S2. The number of amides is 2. The minimum absolute atomic E-state index is 0.0477. The highest BCUT2D eigenvalue weighted by Crippen LogP contribution is 2.24. The van der Waals surface area contributed by atoms with Crippen molar-refractivity contribution < 1.29 is 9.59 Å². The van der Waals surface area contributed by atoms with Gasteiger partial charge in [0.15, 0.2) is 0 Å². The number of pyridine rings is 1. The van der Waals surface area contributed by atoms with Crippen LogP contribution in [0.4, 0.5) is 11.4 Å². The number of thiophene rings is 1. The summed E-state index contributed by atoms with van der Waals surface area (Å²) >= 11 is 3.42. The molecule has 2 aromatic carbocycles. The van der Waals surface area contributed by atoms with Crippen molar-refractivity contribution in [1.29, 1.82) is 0 Å². The van der Waals surface area contributed by atoms with Crippen molar-refractivity contribution >= 4 is 46.3 Å². The van der Waals surface area contributed by atoms with E-state index in [-0.39, 0.29) is 11.8 Å². The molecule has 0 radical (unpaired) electrons. The average Bonchev–Trinajstić information content (AvgIpc) is 3.38. The molecule has 0 saturated carbocycles. The van der Waals surface area contributed by atoms with Crippen molar-refractivity contribution in [2.45, 2.75) is 29.9 Å². The molecule has 2 amide bonds. The predicted octanol–water partition coefficient (Wildman–Crippen LogP) is 6.65. The maximum Gasteiger partial charge on any atom is 0.255 e. The van der Waals surface area contributed by atoms with Gasteiger partial charge in [0.1, 0.15) is 0 Å². The van der Waals surface area contributed by atoms with Crippen LogP contribution in [-0.4, -0.2) is 16.8 Å². The quantitative estimate of drug-likeness (QED) is 0.246. The van der Waals surface area contributed by atoms with Crippen LogP contribution in [0, 0.1) is 0 Å². The van der Waals surface area contributed by atoms with Gasteiger partial charge in [0.2, 0.25) is 5.91 Å². The fourth-order valence-corrected chi connectivity index (χ4v) is 4.91. The van der Waals surface area contributed by atoms with Gasteiger partial charge in [-0.2, -0.15) is 0 Å². The van der Waals surface area contributed by atoms with Gasteiger partial charge in [0, 0.05) is 51.3 Å². The van der Waals surface area contributed by atoms with Gasteiger partial charge in [-0.15, -0.1) is 23.1 Å². The van der Waals surface area contributed by atoms with E-state index >= 15 is 0 Å². The largest absolute Gasteiger partial charge is 0.326 e. The number of aromatic nitrogens is 1. The number of hydrogen-bond acceptors (Lipinski definition) is 5. The zero-order valence-corrected chi connectivity index (χ0v) is 20.2. The van der Waals surface area contributed by atoms with E-state index in [2.05, 4.69) is 27.8 Å². The lowest BCUT2D eigenvalue weighted by Crippen LogP contribution is -2.14. The number of anilines is 2. The van der Waals surface area contributed by atoms with Crippen LogP contribution in [0.25, 0.3) is 0 Å². The average molecular weight is 488 g/mol. The Kier molecular flexibility index (Phi) is 8.48. The maximum atomic E-state index is 12.7. The molecule has 4 aromatic rings. The van der Waals surface area contributed by atoms with E-state index in [9.17, 15) is 9.59 Å². The molecule has 5 nitrogen and oxygen atoms in total. The van der Waals surface area contributed by atoms with E-state index in [0.717, 1.165) is 29.2 Å². The van der Waals surface area contributed by atoms with Crippen molar-refractivity contribution in [3.63, 3.8) is 0 Å². The summed E-state index contributed by atoms with van der Waals surface area (Å²) in [4.78, 5) is 31.5. The molecule has 0 spiro atoms. The van der Waals surface area contributed by atoms with E-state index in [1.165, 1.54) is 10.4 Å². The first-order chi connectivity index (χ1) is 16.7. The third-order valence-electron chi connectivity index (χ3n) is 5.06. The molecule has 2 N–H and O–H groups in total. The number of hydrogen-bond donors (Lipinski definition) is 2. The molecule has 4 rings (SSSR count). The summed E-state index contributed by atoms with van der Waals surface area (Å²) in [6.07, 6.45) is 5.77. The lowest BCUT2D eigenvalue weighted by Gasteiger charge is -2.09. The van der Waals surface area contributed by atoms with Crippen LogP contribution < -0.4 is 10.6 Å². The number of carbonyl (C=O) groups is 2. The minimum atomic E-state index is -0.218. The van der Waals surface area contributed by atoms with Gasteiger partial charge in [0.25, 0.3) is 5.91 Å². The molecule has 0 saturated heterocycles. The third-order valence-corrected chi connectivity index (χ3v) is 7.08. The molecule has 0 aliphatic rings. The number of rotatable bonds is 10. The number of thioether (sulfide) groups is 1. The first-order valence-electron chi connectivity index (χ1n) is 11.0. The van der Waals surface area contributed by atoms with Gasteiger partial charge < -0.3 is 10.6 Å². The minimum Gasteiger partial charge on any atom is -0.326 e. The van der Waals surface area contributed by atoms with Crippen LogP contribution in [0.3, 0.4) is 0 Å². The maximum absolute atomic E-state index is 12.7. The Labute approximate surface area is 207 Å². The number of nitrogens with zero attached hydrogens (tertiary/aromatic N) is 1. The van der Waals surface area contributed by atoms with E-state index < -0.39 is 0 Å². The Morgan fingerprint density at radius 1 is 0.912 bits per heavy atom. The first kappa shape index (κ1) is 23.7. The van der Waals surface area contributed by atoms with E-state index in [1.807, 2.05) is 48.0 Å². The van der Waals surface area contributed by atoms with Crippen molar-refractivity contribution in [3.05, 3.63) is 107 Å². The smallest absolute Gasteiger partial charge is 0.255 e. The summed E-state index contributed by atoms with van der Waals surface area (Å²) in [6, 6.07) is 22.9. The Morgan fingerprint density at radius 2 is 1.79 bits per heavy atom. The molecule has 34 heavy (non-hydrogen) atoms. The SMILES string of the molecule is O=C(CCCc1cccs1)Nc1cccc(C(=O)Nc2ccc(SCc3cccnc3)cc2)c1. The summed E-state index contributed by atoms with van der Waals surface area (Å²) in [5.41, 5.74) is 3.00. The molecule has 0 unspecified atom stereocenters. The number of aryl methyl sites for hydroxylation is 1. The normalized spacial score (nSPS) is 10.6. The zero-order chi connectivity index (χ0) is 23.6. The van der Waals surface area contributed by atoms with Gasteiger partial charge >= 0.3 is 0 Å². The number of carbonyl (C=O) groups excluding carboxylic acids is 2. The summed E-state index contributed by atoms with van der Waals surface area (Å²) < 4.78 is 0. The highest BCUT2D eigenvalue weighted by Gasteiger charge is 2.09. The van der Waals surface area contributed by atoms with Crippen molar-refractivity contribution in [2.24, 2.45) is 0 Å². The molecule has 0 fully saturated rings. The topological polar surface area (TPSA) is 71.1 Å². The summed E-state index contributed by atoms with van der Waals surface area (Å²) in [7, 11) is 0. The molecular weight excluding hydrogens is 462 g/mol. The van der Waals surface area contributed by atoms with Crippen LogP contribution in [0.2, 0.25) is 0 Å². The third kappa shape index (κ3) is 7.30. The zero-order valence-electron chi connectivity index (χ0n) is 18.6. The van der Waals surface area contributed by atoms with E-state index in [1.54, 1.807) is 53.6 Å². The summed E-state index contributed by atoms with van der Waals surface area (Å²) in [5.74, 6) is 0.574. The van der Waals surface area contributed by atoms with Crippen LogP contribution in [0.5, 0.6) is 0 Å². The second-order valence-electron chi connectivity index (χ2n) is 7.69. The molecule has 7 heteroatoms. The van der Waals surface area contributed by atoms with Crippen molar-refractivity contribution in [2.75, 3.05) is 10.6 Å². The highest BCUT2D eigenvalue weighted by molar-refractivity contribution is 7.98. The molecule has 172 valence electrons. The van der Waals surface area contributed by atoms with Gasteiger partial charge in [-0.25, -0.2) is 0 Å². The van der Waals surface area contributed by atoms with Gasteiger partial charge in [-0.1, -0.05) is 18.2 Å². The lowest BCUT2D eigenvalue weighted by molar-refractivity contribution is -0.116. The van der Waals surface area contributed by atoms with Gasteiger partial charge in [-0.05, 0) is 78.4 Å². The molecule has 0 aliphatic carbocycles. The van der Waals surface area contributed by atoms with Gasteiger partial charge in [0.05, 0.1) is 0 Å². The number of benzene rings is 2. The molecule has 0 aliphatic heterocycles. The lowest BCUT2D eigenvalue weighted by atomic mass is 10.1. The molecule has 2 heterocycles. The Morgan fingerprint density at radius 3 is 2.56 bits per heavy atom. The second kappa shape index (κ2) is 12.2. The standard InChI is InChI=1S/C27H25N3O2S2/c31-26(10-2-8-24-9-4-16-33-24)29-23-7-1-6-21(17-23)27(32)30-22-11-13-25(14-12-22)34-19-20-5-3-15-28-18-20/h1,3-7,9,11-18H,2,8,10,19H2,(H,29,31)(H,30,32). The van der Waals surface area contributed by atoms with Gasteiger partial charge in [-0.3, -0.25) is 14.6 Å². The monoisotopic (exact) mass is 487 g/mol. The first-order valence-corrected chi connectivity index (χ1v) is 12.9. The second-order valence-corrected chi connectivity index (χ2v) is 9.77. The number of nitrogens with one attached hydrogen (secondary N) is 2. The van der Waals surface area contributed by atoms with Crippen molar-refractivity contribution in [3.8, 4) is 0 Å². The van der Waals surface area contributed by atoms with Crippen LogP contribution in [-0.2, 0) is 17.0 Å². The Balaban J connectivity index is 1.26. The fourth-order valence-electron chi connectivity index (χ4n) is 3.33. The molecule has 0 bridgehead atoms. The summed E-state index contributed by atoms with van der Waals surface area (Å²) in [5, 5.41) is 7.86. The molecule has 2 aromatic heterocycles. The Bertz CT molecular complexity index is 1210. The van der Waals surface area contributed by atoms with E-state index in [4.69, 9.17) is 0 Å². The van der Waals surface area contributed by atoms with Crippen LogP contribution in [0.1, 0.15) is 33.6 Å². The summed E-state index contributed by atoms with van der Waals surface area (Å²) in [6.45, 7) is 0. The Hall–Kier alpha value is -3.42. The fraction of sp³-hybridized carbons (Fsp3) is 0.148. The predicted molar refractivity (Wildman–Crippen MR) is 141 cm³/mol. The van der Waals surface area contributed by atoms with Crippen LogP contribution in [0.15, 0.2) is 95.5 Å². The molecule has 0 atom stereocenters.